The van der Waals surface area contributed by atoms with Crippen LogP contribution in [0.5, 0.6) is 5.75 Å². The Labute approximate surface area is 229 Å². The Hall–Kier alpha value is -4.23. The Morgan fingerprint density at radius 1 is 1.18 bits per heavy atom. The van der Waals surface area contributed by atoms with E-state index in [0.29, 0.717) is 17.0 Å². The summed E-state index contributed by atoms with van der Waals surface area (Å²) in [5.74, 6) is 0.914. The van der Waals surface area contributed by atoms with Gasteiger partial charge < -0.3 is 14.0 Å². The molecule has 0 aliphatic heterocycles. The van der Waals surface area contributed by atoms with Gasteiger partial charge in [0.1, 0.15) is 18.4 Å². The summed E-state index contributed by atoms with van der Waals surface area (Å²) in [5.41, 5.74) is 3.89. The van der Waals surface area contributed by atoms with E-state index in [1.165, 1.54) is 0 Å². The van der Waals surface area contributed by atoms with E-state index < -0.39 is 16.9 Å². The molecule has 2 aromatic heterocycles. The number of nitrogens with one attached hydrogen (secondary N) is 1. The molecule has 9 nitrogen and oxygen atoms in total. The zero-order chi connectivity index (χ0) is 27.4. The molecule has 39 heavy (non-hydrogen) atoms. The number of nitrogens with zero attached hydrogens (tertiary/aromatic N) is 4. The fraction of sp³-hybridized carbons (Fsp3) is 0.310. The zero-order valence-corrected chi connectivity index (χ0v) is 22.6. The zero-order valence-electron chi connectivity index (χ0n) is 21.8. The Bertz CT molecular complexity index is 1540. The number of aromatic nitrogens is 3. The van der Waals surface area contributed by atoms with Crippen LogP contribution in [-0.2, 0) is 15.5 Å². The van der Waals surface area contributed by atoms with E-state index in [4.69, 9.17) is 9.47 Å². The summed E-state index contributed by atoms with van der Waals surface area (Å²) in [5, 5.41) is 14.1. The van der Waals surface area contributed by atoms with Gasteiger partial charge in [0.15, 0.2) is 0 Å². The van der Waals surface area contributed by atoms with Gasteiger partial charge in [0.25, 0.3) is 0 Å². The van der Waals surface area contributed by atoms with Crippen molar-refractivity contribution in [1.82, 2.24) is 14.5 Å². The maximum atomic E-state index is 12.4. The van der Waals surface area contributed by atoms with Gasteiger partial charge in [-0.25, -0.2) is 14.8 Å². The average molecular weight is 544 g/mol. The van der Waals surface area contributed by atoms with Gasteiger partial charge in [-0.15, -0.1) is 0 Å². The minimum absolute atomic E-state index is 0.213. The first-order valence-corrected chi connectivity index (χ1v) is 14.2. The lowest BCUT2D eigenvalue weighted by molar-refractivity contribution is 0.130. The van der Waals surface area contributed by atoms with Gasteiger partial charge in [-0.3, -0.25) is 9.53 Å². The third-order valence-electron chi connectivity index (χ3n) is 6.56. The van der Waals surface area contributed by atoms with Crippen LogP contribution in [0.3, 0.4) is 0 Å². The predicted molar refractivity (Wildman–Crippen MR) is 149 cm³/mol. The molecule has 4 aromatic rings. The normalized spacial score (nSPS) is 14.0. The third kappa shape index (κ3) is 5.78. The highest BCUT2D eigenvalue weighted by atomic mass is 32.2. The Morgan fingerprint density at radius 2 is 1.92 bits per heavy atom. The molecule has 0 saturated heterocycles. The molecule has 1 amide bonds. The fourth-order valence-corrected chi connectivity index (χ4v) is 5.38. The van der Waals surface area contributed by atoms with Gasteiger partial charge in [-0.05, 0) is 69.0 Å². The molecule has 1 unspecified atom stereocenters. The van der Waals surface area contributed by atoms with E-state index in [1.807, 2.05) is 42.5 Å². The molecule has 200 valence electrons. The average Bonchev–Trinajstić information content (AvgIpc) is 3.21. The molecule has 5 rings (SSSR count). The first-order valence-electron chi connectivity index (χ1n) is 12.9. The van der Waals surface area contributed by atoms with Crippen molar-refractivity contribution in [2.24, 2.45) is 0 Å². The molecule has 10 heteroatoms. The van der Waals surface area contributed by atoms with Gasteiger partial charge in [0.2, 0.25) is 5.16 Å². The van der Waals surface area contributed by atoms with Gasteiger partial charge in [0, 0.05) is 35.6 Å². The van der Waals surface area contributed by atoms with Crippen molar-refractivity contribution in [2.45, 2.75) is 50.4 Å². The first-order chi connectivity index (χ1) is 18.9. The first kappa shape index (κ1) is 26.4. The molecule has 1 fully saturated rings. The maximum absolute atomic E-state index is 12.4. The van der Waals surface area contributed by atoms with E-state index in [1.54, 1.807) is 32.3 Å². The van der Waals surface area contributed by atoms with Crippen molar-refractivity contribution < 1.29 is 18.5 Å². The highest BCUT2D eigenvalue weighted by Gasteiger charge is 2.28. The summed E-state index contributed by atoms with van der Waals surface area (Å²) >= 11 is 0. The molecule has 0 radical (unpaired) electrons. The highest BCUT2D eigenvalue weighted by Crippen LogP contribution is 2.43. The van der Waals surface area contributed by atoms with E-state index in [9.17, 15) is 14.3 Å². The molecular weight excluding hydrogens is 514 g/mol. The summed E-state index contributed by atoms with van der Waals surface area (Å²) in [6.07, 6.45) is 5.61. The van der Waals surface area contributed by atoms with Crippen molar-refractivity contribution in [3.05, 3.63) is 66.5 Å². The Kier molecular flexibility index (Phi) is 7.89. The predicted octanol–water partition coefficient (Wildman–Crippen LogP) is 5.84. The number of amides is 1. The SMILES string of the molecule is CC(C)OC(=O)Nc1ccc(-c2c(C#N)c3ccc(OCCS(=O)c4ncccn4)cc3n2C2CCC2)cc1. The molecule has 1 aliphatic carbocycles. The number of carbonyl (C=O) groups is 1. The van der Waals surface area contributed by atoms with E-state index in [0.717, 1.165) is 41.4 Å². The minimum atomic E-state index is -1.35. The van der Waals surface area contributed by atoms with Gasteiger partial charge in [-0.2, -0.15) is 5.26 Å². The number of carbonyl (C=O) groups excluding carboxylic acids is 1. The van der Waals surface area contributed by atoms with Crippen LogP contribution in [-0.4, -0.2) is 43.3 Å². The summed E-state index contributed by atoms with van der Waals surface area (Å²) in [7, 11) is -1.35. The standard InChI is InChI=1S/C29H29N5O4S/c1-19(2)38-29(35)33-21-9-7-20(8-10-21)27-25(18-30)24-12-11-23(17-26(24)34(27)22-5-3-6-22)37-15-16-39(36)28-31-13-4-14-32-28/h4,7-14,17,19,22H,3,5-6,15-16H2,1-2H3,(H,33,35). The number of hydrogen-bond donors (Lipinski definition) is 1. The number of benzene rings is 2. The van der Waals surface area contributed by atoms with E-state index >= 15 is 0 Å². The third-order valence-corrected chi connectivity index (χ3v) is 7.71. The second-order valence-corrected chi connectivity index (χ2v) is 11.0. The number of fused-ring (bicyclic) bond motifs is 1. The van der Waals surface area contributed by atoms with Crippen molar-refractivity contribution in [2.75, 3.05) is 17.7 Å². The van der Waals surface area contributed by atoms with Crippen molar-refractivity contribution in [3.8, 4) is 23.1 Å². The number of ether oxygens (including phenoxy) is 2. The molecule has 1 atom stereocenters. The number of nitriles is 1. The van der Waals surface area contributed by atoms with Crippen molar-refractivity contribution in [1.29, 1.82) is 5.26 Å². The Morgan fingerprint density at radius 3 is 2.56 bits per heavy atom. The minimum Gasteiger partial charge on any atom is -0.493 e. The number of hydrogen-bond acceptors (Lipinski definition) is 7. The van der Waals surface area contributed by atoms with Gasteiger partial charge in [0.05, 0.1) is 39.4 Å². The van der Waals surface area contributed by atoms with Crippen molar-refractivity contribution in [3.63, 3.8) is 0 Å². The molecule has 0 bridgehead atoms. The topological polar surface area (TPSA) is 119 Å². The van der Waals surface area contributed by atoms with Crippen molar-refractivity contribution >= 4 is 33.5 Å². The molecule has 1 N–H and O–H groups in total. The number of anilines is 1. The van der Waals surface area contributed by atoms with Crippen LogP contribution in [0.25, 0.3) is 22.2 Å². The van der Waals surface area contributed by atoms with E-state index in [2.05, 4.69) is 25.9 Å². The lowest BCUT2D eigenvalue weighted by Gasteiger charge is -2.30. The van der Waals surface area contributed by atoms with Gasteiger partial charge in [-0.1, -0.05) is 12.1 Å². The van der Waals surface area contributed by atoms with Gasteiger partial charge >= 0.3 is 6.09 Å². The Balaban J connectivity index is 1.42. The molecule has 0 spiro atoms. The van der Waals surface area contributed by atoms with Crippen LogP contribution < -0.4 is 10.1 Å². The summed E-state index contributed by atoms with van der Waals surface area (Å²) in [6, 6.07) is 17.5. The molecule has 1 aliphatic rings. The van der Waals surface area contributed by atoms with Crippen LogP contribution in [0, 0.1) is 11.3 Å². The van der Waals surface area contributed by atoms with Crippen LogP contribution in [0.15, 0.2) is 66.1 Å². The second-order valence-electron chi connectivity index (χ2n) is 9.55. The summed E-state index contributed by atoms with van der Waals surface area (Å²) < 4.78 is 25.8. The molecular formula is C29H29N5O4S. The number of rotatable bonds is 9. The maximum Gasteiger partial charge on any atom is 0.411 e. The van der Waals surface area contributed by atoms with Crippen LogP contribution in [0.4, 0.5) is 10.5 Å². The second kappa shape index (κ2) is 11.7. The lowest BCUT2D eigenvalue weighted by atomic mass is 9.92. The van der Waals surface area contributed by atoms with E-state index in [-0.39, 0.29) is 29.7 Å². The lowest BCUT2D eigenvalue weighted by Crippen LogP contribution is -2.18. The quantitative estimate of drug-likeness (QED) is 0.263. The largest absolute Gasteiger partial charge is 0.493 e. The summed E-state index contributed by atoms with van der Waals surface area (Å²) in [4.78, 5) is 20.1. The molecule has 2 aromatic carbocycles. The van der Waals surface area contributed by atoms with Crippen LogP contribution in [0.2, 0.25) is 0 Å². The fourth-order valence-electron chi connectivity index (χ4n) is 4.60. The monoisotopic (exact) mass is 543 g/mol. The molecule has 1 saturated carbocycles. The summed E-state index contributed by atoms with van der Waals surface area (Å²) in [6.45, 7) is 3.83. The van der Waals surface area contributed by atoms with Crippen LogP contribution in [0.1, 0.15) is 44.7 Å². The smallest absolute Gasteiger partial charge is 0.411 e. The van der Waals surface area contributed by atoms with Crippen LogP contribution >= 0.6 is 0 Å². The molecule has 2 heterocycles. The highest BCUT2D eigenvalue weighted by molar-refractivity contribution is 7.84.